The Morgan fingerprint density at radius 3 is 2.45 bits per heavy atom. The zero-order chi connectivity index (χ0) is 15.9. The van der Waals surface area contributed by atoms with Crippen LogP contribution in [0.15, 0.2) is 53.6 Å². The zero-order valence-electron chi connectivity index (χ0n) is 13.0. The van der Waals surface area contributed by atoms with Crippen LogP contribution in [0.1, 0.15) is 35.3 Å². The molecule has 2 aromatic carbocycles. The molecule has 4 nitrogen and oxygen atoms in total. The summed E-state index contributed by atoms with van der Waals surface area (Å²) in [6.45, 7) is 5.86. The predicted octanol–water partition coefficient (Wildman–Crippen LogP) is 3.55. The molecule has 0 radical (unpaired) electrons. The lowest BCUT2D eigenvalue weighted by molar-refractivity contribution is 0.0954. The summed E-state index contributed by atoms with van der Waals surface area (Å²) in [6, 6.07) is 14.9. The normalized spacial score (nSPS) is 10.9. The minimum absolute atomic E-state index is 0.146. The van der Waals surface area contributed by atoms with Crippen molar-refractivity contribution in [2.75, 3.05) is 0 Å². The molecule has 0 aliphatic heterocycles. The first-order chi connectivity index (χ1) is 10.6. The Bertz CT molecular complexity index is 661. The third-order valence-corrected chi connectivity index (χ3v) is 3.02. The summed E-state index contributed by atoms with van der Waals surface area (Å²) >= 11 is 0. The van der Waals surface area contributed by atoms with Crippen LogP contribution in [0.2, 0.25) is 0 Å². The van der Waals surface area contributed by atoms with Gasteiger partial charge in [-0.05, 0) is 62.2 Å². The second-order valence-electron chi connectivity index (χ2n) is 5.25. The number of ether oxygens (including phenoxy) is 1. The van der Waals surface area contributed by atoms with E-state index in [1.807, 2.05) is 63.2 Å². The number of benzene rings is 2. The molecule has 2 rings (SSSR count). The lowest BCUT2D eigenvalue weighted by atomic mass is 10.1. The Morgan fingerprint density at radius 2 is 1.82 bits per heavy atom. The largest absolute Gasteiger partial charge is 0.491 e. The van der Waals surface area contributed by atoms with Gasteiger partial charge in [0, 0.05) is 5.56 Å². The summed E-state index contributed by atoms with van der Waals surface area (Å²) in [7, 11) is 0. The van der Waals surface area contributed by atoms with Crippen molar-refractivity contribution in [3.05, 3.63) is 65.2 Å². The summed E-state index contributed by atoms with van der Waals surface area (Å²) in [5, 5.41) is 3.98. The van der Waals surface area contributed by atoms with Gasteiger partial charge < -0.3 is 4.74 Å². The molecule has 0 aliphatic rings. The van der Waals surface area contributed by atoms with Gasteiger partial charge in [-0.15, -0.1) is 0 Å². The Kier molecular flexibility index (Phi) is 5.31. The van der Waals surface area contributed by atoms with Crippen LogP contribution in [0.4, 0.5) is 0 Å². The molecule has 0 atom stereocenters. The van der Waals surface area contributed by atoms with Gasteiger partial charge in [-0.3, -0.25) is 4.79 Å². The third-order valence-electron chi connectivity index (χ3n) is 3.02. The number of hydrogen-bond donors (Lipinski definition) is 1. The summed E-state index contributed by atoms with van der Waals surface area (Å²) in [6.07, 6.45) is 1.75. The van der Waals surface area contributed by atoms with Crippen LogP contribution in [0.5, 0.6) is 5.75 Å². The SMILES string of the molecule is Cc1ccccc1C(=O)N/N=C/c1ccc(OC(C)C)cc1. The average Bonchev–Trinajstić information content (AvgIpc) is 2.49. The molecule has 0 spiro atoms. The molecule has 22 heavy (non-hydrogen) atoms. The van der Waals surface area contributed by atoms with E-state index in [-0.39, 0.29) is 12.0 Å². The Morgan fingerprint density at radius 1 is 1.14 bits per heavy atom. The fraction of sp³-hybridized carbons (Fsp3) is 0.222. The third kappa shape index (κ3) is 4.45. The van der Waals surface area contributed by atoms with Crippen LogP contribution in [0.3, 0.4) is 0 Å². The molecule has 0 saturated heterocycles. The summed E-state index contributed by atoms with van der Waals surface area (Å²) in [5.41, 5.74) is 4.97. The highest BCUT2D eigenvalue weighted by molar-refractivity contribution is 5.96. The van der Waals surface area contributed by atoms with E-state index in [0.29, 0.717) is 5.56 Å². The van der Waals surface area contributed by atoms with Gasteiger partial charge in [-0.25, -0.2) is 5.43 Å². The van der Waals surface area contributed by atoms with Gasteiger partial charge in [-0.1, -0.05) is 18.2 Å². The van der Waals surface area contributed by atoms with Gasteiger partial charge in [0.1, 0.15) is 5.75 Å². The lowest BCUT2D eigenvalue weighted by Gasteiger charge is -2.09. The fourth-order valence-corrected chi connectivity index (χ4v) is 1.96. The highest BCUT2D eigenvalue weighted by atomic mass is 16.5. The molecule has 0 aliphatic carbocycles. The standard InChI is InChI=1S/C18H20N2O2/c1-13(2)22-16-10-8-15(9-11-16)12-19-20-18(21)17-7-5-4-6-14(17)3/h4-13H,1-3H3,(H,20,21)/b19-12+. The Labute approximate surface area is 130 Å². The monoisotopic (exact) mass is 296 g/mol. The van der Waals surface area contributed by atoms with Crippen molar-refractivity contribution >= 4 is 12.1 Å². The van der Waals surface area contributed by atoms with Crippen molar-refractivity contribution in [2.24, 2.45) is 5.10 Å². The summed E-state index contributed by atoms with van der Waals surface area (Å²) < 4.78 is 5.57. The van der Waals surface area contributed by atoms with E-state index in [1.54, 1.807) is 12.3 Å². The average molecular weight is 296 g/mol. The molecule has 0 saturated carbocycles. The van der Waals surface area contributed by atoms with E-state index in [1.165, 1.54) is 0 Å². The van der Waals surface area contributed by atoms with Gasteiger partial charge in [0.25, 0.3) is 5.91 Å². The van der Waals surface area contributed by atoms with Crippen molar-refractivity contribution in [2.45, 2.75) is 26.9 Å². The smallest absolute Gasteiger partial charge is 0.271 e. The van der Waals surface area contributed by atoms with Crippen LogP contribution in [-0.4, -0.2) is 18.2 Å². The van der Waals surface area contributed by atoms with Gasteiger partial charge in [0.05, 0.1) is 12.3 Å². The van der Waals surface area contributed by atoms with Crippen molar-refractivity contribution in [3.63, 3.8) is 0 Å². The number of nitrogens with zero attached hydrogens (tertiary/aromatic N) is 1. The Balaban J connectivity index is 1.95. The van der Waals surface area contributed by atoms with Gasteiger partial charge in [0.2, 0.25) is 0 Å². The molecular formula is C18H20N2O2. The predicted molar refractivity (Wildman–Crippen MR) is 88.4 cm³/mol. The van der Waals surface area contributed by atoms with Crippen LogP contribution < -0.4 is 10.2 Å². The first kappa shape index (κ1) is 15.8. The lowest BCUT2D eigenvalue weighted by Crippen LogP contribution is -2.18. The summed E-state index contributed by atoms with van der Waals surface area (Å²) in [5.74, 6) is 0.602. The quantitative estimate of drug-likeness (QED) is 0.677. The second kappa shape index (κ2) is 7.41. The van der Waals surface area contributed by atoms with E-state index < -0.39 is 0 Å². The molecule has 0 bridgehead atoms. The van der Waals surface area contributed by atoms with E-state index in [4.69, 9.17) is 4.74 Å². The number of hydrogen-bond acceptors (Lipinski definition) is 3. The van der Waals surface area contributed by atoms with Crippen LogP contribution in [0.25, 0.3) is 0 Å². The Hall–Kier alpha value is -2.62. The van der Waals surface area contributed by atoms with Gasteiger partial charge in [-0.2, -0.15) is 5.10 Å². The molecule has 0 heterocycles. The van der Waals surface area contributed by atoms with Gasteiger partial charge >= 0.3 is 0 Å². The van der Waals surface area contributed by atoms with Crippen LogP contribution in [0, 0.1) is 6.92 Å². The van der Waals surface area contributed by atoms with Crippen molar-refractivity contribution in [1.82, 2.24) is 5.43 Å². The minimum Gasteiger partial charge on any atom is -0.491 e. The molecule has 0 unspecified atom stereocenters. The van der Waals surface area contributed by atoms with Crippen molar-refractivity contribution < 1.29 is 9.53 Å². The van der Waals surface area contributed by atoms with Crippen molar-refractivity contribution in [3.8, 4) is 5.75 Å². The minimum atomic E-state index is -0.214. The van der Waals surface area contributed by atoms with E-state index in [9.17, 15) is 4.79 Å². The first-order valence-corrected chi connectivity index (χ1v) is 7.22. The summed E-state index contributed by atoms with van der Waals surface area (Å²) in [4.78, 5) is 12.0. The molecule has 1 amide bonds. The fourth-order valence-electron chi connectivity index (χ4n) is 1.96. The number of hydrazone groups is 1. The highest BCUT2D eigenvalue weighted by Crippen LogP contribution is 2.12. The molecule has 4 heteroatoms. The van der Waals surface area contributed by atoms with Crippen LogP contribution in [-0.2, 0) is 0 Å². The van der Waals surface area contributed by atoms with Crippen molar-refractivity contribution in [1.29, 1.82) is 0 Å². The van der Waals surface area contributed by atoms with Crippen LogP contribution >= 0.6 is 0 Å². The number of amides is 1. The van der Waals surface area contributed by atoms with Gasteiger partial charge in [0.15, 0.2) is 0 Å². The zero-order valence-corrected chi connectivity index (χ0v) is 13.0. The molecule has 0 aromatic heterocycles. The maximum absolute atomic E-state index is 12.0. The molecule has 1 N–H and O–H groups in total. The van der Waals surface area contributed by atoms with E-state index >= 15 is 0 Å². The number of rotatable bonds is 5. The topological polar surface area (TPSA) is 50.7 Å². The highest BCUT2D eigenvalue weighted by Gasteiger charge is 2.06. The number of carbonyl (C=O) groups excluding carboxylic acids is 1. The maximum Gasteiger partial charge on any atom is 0.271 e. The number of nitrogens with one attached hydrogen (secondary N) is 1. The number of aryl methyl sites for hydroxylation is 1. The second-order valence-corrected chi connectivity index (χ2v) is 5.25. The molecule has 0 fully saturated rings. The number of carbonyl (C=O) groups is 1. The van der Waals surface area contributed by atoms with E-state index in [0.717, 1.165) is 16.9 Å². The first-order valence-electron chi connectivity index (χ1n) is 7.22. The molecular weight excluding hydrogens is 276 g/mol. The maximum atomic E-state index is 12.0. The van der Waals surface area contributed by atoms with E-state index in [2.05, 4.69) is 10.5 Å². The molecule has 2 aromatic rings. The molecule has 114 valence electrons.